The fraction of sp³-hybridized carbons (Fsp3) is 0.800. The molecule has 0 bridgehead atoms. The Labute approximate surface area is 101 Å². The molecule has 0 rings (SSSR count). The molecular weight excluding hydrogens is 248 g/mol. The van der Waals surface area contributed by atoms with Gasteiger partial charge in [0, 0.05) is 29.9 Å². The van der Waals surface area contributed by atoms with E-state index in [2.05, 4.69) is 0 Å². The third-order valence-electron chi connectivity index (χ3n) is 2.03. The van der Waals surface area contributed by atoms with Crippen LogP contribution in [0.3, 0.4) is 0 Å². The fourth-order valence-corrected chi connectivity index (χ4v) is 1.26. The van der Waals surface area contributed by atoms with Crippen molar-refractivity contribution in [1.29, 1.82) is 0 Å². The first-order chi connectivity index (χ1) is 6.63. The average molecular weight is 266 g/mol. The Morgan fingerprint density at radius 3 is 1.20 bits per heavy atom. The van der Waals surface area contributed by atoms with Gasteiger partial charge in [0.15, 0.2) is 0 Å². The summed E-state index contributed by atoms with van der Waals surface area (Å²) in [5.41, 5.74) is 0. The van der Waals surface area contributed by atoms with Crippen molar-refractivity contribution >= 4 is 11.9 Å². The van der Waals surface area contributed by atoms with Crippen LogP contribution in [0.15, 0.2) is 0 Å². The van der Waals surface area contributed by atoms with Crippen molar-refractivity contribution in [2.75, 3.05) is 0 Å². The Bertz CT molecular complexity index is 162. The molecule has 4 nitrogen and oxygen atoms in total. The van der Waals surface area contributed by atoms with Crippen LogP contribution in [0, 0.1) is 0 Å². The largest absolute Gasteiger partial charge is 0.481 e. The van der Waals surface area contributed by atoms with Gasteiger partial charge >= 0.3 is 11.9 Å². The summed E-state index contributed by atoms with van der Waals surface area (Å²) in [5, 5.41) is 16.7. The van der Waals surface area contributed by atoms with Gasteiger partial charge in [-0.05, 0) is 12.8 Å². The van der Waals surface area contributed by atoms with E-state index in [-0.39, 0.29) is 29.9 Å². The van der Waals surface area contributed by atoms with Crippen LogP contribution in [0.5, 0.6) is 0 Å². The van der Waals surface area contributed by atoms with Crippen molar-refractivity contribution in [3.05, 3.63) is 0 Å². The number of hydrogen-bond donors (Lipinski definition) is 2. The molecule has 0 spiro atoms. The van der Waals surface area contributed by atoms with E-state index in [0.29, 0.717) is 0 Å². The van der Waals surface area contributed by atoms with E-state index >= 15 is 0 Å². The molecule has 0 aliphatic carbocycles. The Hall–Kier alpha value is -0.541. The molecule has 0 atom stereocenters. The van der Waals surface area contributed by atoms with Crippen LogP contribution in [0.2, 0.25) is 0 Å². The summed E-state index contributed by atoms with van der Waals surface area (Å²) >= 11 is 0. The Balaban J connectivity index is 0. The Morgan fingerprint density at radius 1 is 0.667 bits per heavy atom. The molecule has 0 aromatic heterocycles. The van der Waals surface area contributed by atoms with Gasteiger partial charge < -0.3 is 10.2 Å². The molecule has 93 valence electrons. The first-order valence-electron chi connectivity index (χ1n) is 5.06. The zero-order valence-corrected chi connectivity index (χ0v) is 9.61. The van der Waals surface area contributed by atoms with E-state index in [9.17, 15) is 9.59 Å². The molecule has 15 heavy (non-hydrogen) atoms. The monoisotopic (exact) mass is 265 g/mol. The van der Waals surface area contributed by atoms with Crippen molar-refractivity contribution in [3.8, 4) is 0 Å². The molecule has 5 heteroatoms. The zero-order valence-electron chi connectivity index (χ0n) is 8.67. The summed E-state index contributed by atoms with van der Waals surface area (Å²) in [5.74, 6) is -1.48. The SMILES string of the molecule is O=C(O)CCCCCCCCC(=O)O.[Cu]. The van der Waals surface area contributed by atoms with Crippen LogP contribution in [-0.4, -0.2) is 22.2 Å². The number of carboxylic acid groups (broad SMARTS) is 2. The van der Waals surface area contributed by atoms with E-state index in [1.807, 2.05) is 0 Å². The third kappa shape index (κ3) is 16.2. The maximum Gasteiger partial charge on any atom is 0.303 e. The minimum absolute atomic E-state index is 0. The van der Waals surface area contributed by atoms with E-state index in [4.69, 9.17) is 10.2 Å². The smallest absolute Gasteiger partial charge is 0.303 e. The van der Waals surface area contributed by atoms with E-state index < -0.39 is 11.9 Å². The Kier molecular flexibility index (Phi) is 13.0. The van der Waals surface area contributed by atoms with E-state index in [0.717, 1.165) is 38.5 Å². The predicted molar refractivity (Wildman–Crippen MR) is 52.2 cm³/mol. The van der Waals surface area contributed by atoms with Gasteiger partial charge in [-0.3, -0.25) is 9.59 Å². The molecule has 0 aromatic carbocycles. The summed E-state index contributed by atoms with van der Waals surface area (Å²) in [6, 6.07) is 0. The fourth-order valence-electron chi connectivity index (χ4n) is 1.26. The number of rotatable bonds is 9. The van der Waals surface area contributed by atoms with Crippen LogP contribution in [0.25, 0.3) is 0 Å². The van der Waals surface area contributed by atoms with Gasteiger partial charge in [-0.15, -0.1) is 0 Å². The first kappa shape index (κ1) is 16.9. The topological polar surface area (TPSA) is 74.6 Å². The second-order valence-electron chi connectivity index (χ2n) is 3.41. The molecule has 0 aliphatic rings. The molecule has 0 aliphatic heterocycles. The second kappa shape index (κ2) is 11.5. The van der Waals surface area contributed by atoms with Crippen LogP contribution in [0.4, 0.5) is 0 Å². The molecule has 0 aromatic rings. The van der Waals surface area contributed by atoms with Gasteiger partial charge in [0.25, 0.3) is 0 Å². The van der Waals surface area contributed by atoms with Crippen LogP contribution >= 0.6 is 0 Å². The summed E-state index contributed by atoms with van der Waals surface area (Å²) in [4.78, 5) is 20.3. The minimum atomic E-state index is -0.740. The van der Waals surface area contributed by atoms with E-state index in [1.54, 1.807) is 0 Å². The maximum atomic E-state index is 10.1. The summed E-state index contributed by atoms with van der Waals surface area (Å²) in [6.07, 6.45) is 5.82. The minimum Gasteiger partial charge on any atom is -0.481 e. The number of unbranched alkanes of at least 4 members (excludes halogenated alkanes) is 5. The quantitative estimate of drug-likeness (QED) is 0.495. The van der Waals surface area contributed by atoms with Crippen molar-refractivity contribution in [2.24, 2.45) is 0 Å². The number of aliphatic carboxylic acids is 2. The van der Waals surface area contributed by atoms with Crippen LogP contribution in [-0.2, 0) is 26.7 Å². The van der Waals surface area contributed by atoms with Crippen molar-refractivity contribution in [3.63, 3.8) is 0 Å². The third-order valence-corrected chi connectivity index (χ3v) is 2.03. The molecule has 0 amide bonds. The first-order valence-corrected chi connectivity index (χ1v) is 5.06. The van der Waals surface area contributed by atoms with Crippen molar-refractivity contribution in [1.82, 2.24) is 0 Å². The molecule has 1 radical (unpaired) electrons. The van der Waals surface area contributed by atoms with Gasteiger partial charge in [-0.1, -0.05) is 25.7 Å². The molecular formula is C10H18CuO4. The van der Waals surface area contributed by atoms with Gasteiger partial charge in [0.1, 0.15) is 0 Å². The van der Waals surface area contributed by atoms with Crippen LogP contribution < -0.4 is 0 Å². The maximum absolute atomic E-state index is 10.1. The summed E-state index contributed by atoms with van der Waals surface area (Å²) < 4.78 is 0. The molecule has 2 N–H and O–H groups in total. The molecule has 0 heterocycles. The van der Waals surface area contributed by atoms with Gasteiger partial charge in [-0.25, -0.2) is 0 Å². The number of hydrogen-bond acceptors (Lipinski definition) is 2. The van der Waals surface area contributed by atoms with Gasteiger partial charge in [0.05, 0.1) is 0 Å². The molecule has 0 unspecified atom stereocenters. The normalized spacial score (nSPS) is 9.33. The zero-order chi connectivity index (χ0) is 10.8. The summed E-state index contributed by atoms with van der Waals surface area (Å²) in [6.45, 7) is 0. The Morgan fingerprint density at radius 2 is 0.933 bits per heavy atom. The standard InChI is InChI=1S/C10H18O4.Cu/c11-9(12)7-5-3-1-2-4-6-8-10(13)14;/h1-8H2,(H,11,12)(H,13,14);. The molecule has 0 fully saturated rings. The predicted octanol–water partition coefficient (Wildman–Crippen LogP) is 2.27. The van der Waals surface area contributed by atoms with Gasteiger partial charge in [0.2, 0.25) is 0 Å². The number of carbonyl (C=O) groups is 2. The number of carboxylic acids is 2. The molecule has 0 saturated heterocycles. The summed E-state index contributed by atoms with van der Waals surface area (Å²) in [7, 11) is 0. The van der Waals surface area contributed by atoms with E-state index in [1.165, 1.54) is 0 Å². The average Bonchev–Trinajstić information content (AvgIpc) is 2.08. The second-order valence-corrected chi connectivity index (χ2v) is 3.41. The van der Waals surface area contributed by atoms with Crippen molar-refractivity contribution in [2.45, 2.75) is 51.4 Å². The van der Waals surface area contributed by atoms with Crippen LogP contribution in [0.1, 0.15) is 51.4 Å². The molecule has 0 saturated carbocycles. The van der Waals surface area contributed by atoms with Crippen molar-refractivity contribution < 1.29 is 36.9 Å². The van der Waals surface area contributed by atoms with Gasteiger partial charge in [-0.2, -0.15) is 0 Å².